The van der Waals surface area contributed by atoms with Crippen molar-refractivity contribution in [1.29, 1.82) is 0 Å². The van der Waals surface area contributed by atoms with Gasteiger partial charge in [-0.25, -0.2) is 4.79 Å². The van der Waals surface area contributed by atoms with Crippen molar-refractivity contribution in [3.05, 3.63) is 29.8 Å². The third-order valence-corrected chi connectivity index (χ3v) is 5.82. The summed E-state index contributed by atoms with van der Waals surface area (Å²) in [5, 5.41) is 0. The normalized spacial score (nSPS) is 22.9. The second kappa shape index (κ2) is 9.92. The van der Waals surface area contributed by atoms with E-state index in [9.17, 15) is 9.59 Å². The van der Waals surface area contributed by atoms with Gasteiger partial charge in [-0.2, -0.15) is 0 Å². The molecular formula is C22H32N2O4. The maximum absolute atomic E-state index is 13.0. The Morgan fingerprint density at radius 1 is 1.14 bits per heavy atom. The number of amides is 1. The Bertz CT molecular complexity index is 678. The van der Waals surface area contributed by atoms with E-state index in [0.29, 0.717) is 32.2 Å². The van der Waals surface area contributed by atoms with Gasteiger partial charge in [0.05, 0.1) is 20.3 Å². The topological polar surface area (TPSA) is 59.1 Å². The fourth-order valence-corrected chi connectivity index (χ4v) is 4.38. The summed E-state index contributed by atoms with van der Waals surface area (Å²) in [4.78, 5) is 29.3. The first-order valence-corrected chi connectivity index (χ1v) is 10.5. The van der Waals surface area contributed by atoms with E-state index >= 15 is 0 Å². The molecule has 0 aliphatic carbocycles. The van der Waals surface area contributed by atoms with Crippen LogP contribution in [0.5, 0.6) is 5.75 Å². The third kappa shape index (κ3) is 5.04. The molecule has 3 rings (SSSR count). The molecule has 6 heteroatoms. The van der Waals surface area contributed by atoms with Crippen LogP contribution in [-0.2, 0) is 20.7 Å². The molecule has 0 spiro atoms. The number of hydrogen-bond donors (Lipinski definition) is 0. The lowest BCUT2D eigenvalue weighted by Gasteiger charge is -2.36. The molecule has 0 aromatic heterocycles. The average Bonchev–Trinajstić information content (AvgIpc) is 3.14. The number of benzene rings is 1. The van der Waals surface area contributed by atoms with Gasteiger partial charge in [0.2, 0.25) is 5.91 Å². The monoisotopic (exact) mass is 388 g/mol. The van der Waals surface area contributed by atoms with Crippen LogP contribution in [0.15, 0.2) is 24.3 Å². The van der Waals surface area contributed by atoms with Crippen LogP contribution in [0, 0.1) is 0 Å². The van der Waals surface area contributed by atoms with E-state index in [4.69, 9.17) is 9.47 Å². The lowest BCUT2D eigenvalue weighted by atomic mass is 10.0. The average molecular weight is 389 g/mol. The van der Waals surface area contributed by atoms with Gasteiger partial charge in [0.25, 0.3) is 0 Å². The molecule has 6 nitrogen and oxygen atoms in total. The summed E-state index contributed by atoms with van der Waals surface area (Å²) in [5.41, 5.74) is 1.23. The Morgan fingerprint density at radius 2 is 2.00 bits per heavy atom. The molecule has 2 heterocycles. The summed E-state index contributed by atoms with van der Waals surface area (Å²) in [7, 11) is 1.68. The second-order valence-corrected chi connectivity index (χ2v) is 7.67. The largest absolute Gasteiger partial charge is 0.497 e. The molecule has 1 aromatic carbocycles. The minimum atomic E-state index is -0.416. The fourth-order valence-electron chi connectivity index (χ4n) is 4.38. The van der Waals surface area contributed by atoms with Crippen molar-refractivity contribution >= 4 is 11.9 Å². The highest BCUT2D eigenvalue weighted by Gasteiger charge is 2.35. The molecule has 1 amide bonds. The number of hydrogen-bond acceptors (Lipinski definition) is 5. The van der Waals surface area contributed by atoms with Crippen LogP contribution in [0.3, 0.4) is 0 Å². The third-order valence-electron chi connectivity index (χ3n) is 5.82. The molecule has 2 aliphatic rings. The number of methoxy groups -OCH3 is 1. The van der Waals surface area contributed by atoms with E-state index in [2.05, 4.69) is 17.0 Å². The van der Waals surface area contributed by atoms with Crippen molar-refractivity contribution in [2.24, 2.45) is 0 Å². The lowest BCUT2D eigenvalue weighted by Crippen LogP contribution is -2.52. The van der Waals surface area contributed by atoms with Crippen molar-refractivity contribution in [1.82, 2.24) is 9.80 Å². The predicted octanol–water partition coefficient (Wildman–Crippen LogP) is 2.65. The van der Waals surface area contributed by atoms with Gasteiger partial charge >= 0.3 is 5.97 Å². The van der Waals surface area contributed by atoms with E-state index in [1.807, 2.05) is 12.1 Å². The number of piperidine rings is 1. The van der Waals surface area contributed by atoms with E-state index in [1.54, 1.807) is 18.9 Å². The maximum Gasteiger partial charge on any atom is 0.328 e. The molecule has 2 aliphatic heterocycles. The summed E-state index contributed by atoms with van der Waals surface area (Å²) >= 11 is 0. The standard InChI is InChI=1S/C22H32N2O4/c1-3-28-22(26)20-11-4-5-13-24(20)21(25)16-23-12-7-9-18(23)14-17-8-6-10-19(15-17)27-2/h6,8,10,15,18,20H,3-5,7,9,11-14,16H2,1-2H3/t18-,20-/m1/s1. The van der Waals surface area contributed by atoms with Crippen molar-refractivity contribution in [3.8, 4) is 5.75 Å². The van der Waals surface area contributed by atoms with Crippen molar-refractivity contribution in [3.63, 3.8) is 0 Å². The van der Waals surface area contributed by atoms with Gasteiger partial charge in [0.1, 0.15) is 11.8 Å². The molecule has 0 radical (unpaired) electrons. The van der Waals surface area contributed by atoms with Gasteiger partial charge in [0.15, 0.2) is 0 Å². The van der Waals surface area contributed by atoms with Crippen LogP contribution in [0.4, 0.5) is 0 Å². The lowest BCUT2D eigenvalue weighted by molar-refractivity contribution is -0.157. The molecule has 2 fully saturated rings. The number of rotatable bonds is 7. The van der Waals surface area contributed by atoms with Crippen molar-refractivity contribution in [2.45, 2.75) is 57.5 Å². The van der Waals surface area contributed by atoms with Gasteiger partial charge in [-0.1, -0.05) is 12.1 Å². The van der Waals surface area contributed by atoms with Crippen LogP contribution < -0.4 is 4.74 Å². The number of esters is 1. The van der Waals surface area contributed by atoms with E-state index in [0.717, 1.165) is 44.4 Å². The summed E-state index contributed by atoms with van der Waals surface area (Å²) in [6, 6.07) is 8.08. The smallest absolute Gasteiger partial charge is 0.328 e. The predicted molar refractivity (Wildman–Crippen MR) is 107 cm³/mol. The maximum atomic E-state index is 13.0. The molecule has 154 valence electrons. The zero-order valence-electron chi connectivity index (χ0n) is 17.1. The summed E-state index contributed by atoms with van der Waals surface area (Å²) in [6.45, 7) is 4.12. The van der Waals surface area contributed by atoms with E-state index in [1.165, 1.54) is 5.56 Å². The zero-order valence-corrected chi connectivity index (χ0v) is 17.1. The van der Waals surface area contributed by atoms with Gasteiger partial charge < -0.3 is 14.4 Å². The summed E-state index contributed by atoms with van der Waals surface area (Å²) in [5.74, 6) is 0.656. The van der Waals surface area contributed by atoms with Crippen LogP contribution in [0.25, 0.3) is 0 Å². The number of carbonyl (C=O) groups is 2. The number of nitrogens with zero attached hydrogens (tertiary/aromatic N) is 2. The molecule has 0 bridgehead atoms. The van der Waals surface area contributed by atoms with Gasteiger partial charge in [-0.3, -0.25) is 9.69 Å². The molecular weight excluding hydrogens is 356 g/mol. The quantitative estimate of drug-likeness (QED) is 0.672. The first-order chi connectivity index (χ1) is 13.6. The number of likely N-dealkylation sites (tertiary alicyclic amines) is 2. The van der Waals surface area contributed by atoms with Crippen LogP contribution in [0.2, 0.25) is 0 Å². The first kappa shape index (κ1) is 20.6. The van der Waals surface area contributed by atoms with Crippen LogP contribution in [-0.4, -0.2) is 67.1 Å². The molecule has 0 saturated carbocycles. The minimum absolute atomic E-state index is 0.0512. The molecule has 2 saturated heterocycles. The highest BCUT2D eigenvalue weighted by atomic mass is 16.5. The summed E-state index contributed by atoms with van der Waals surface area (Å²) < 4.78 is 10.5. The van der Waals surface area contributed by atoms with Gasteiger partial charge in [0, 0.05) is 12.6 Å². The van der Waals surface area contributed by atoms with Crippen LogP contribution >= 0.6 is 0 Å². The highest BCUT2D eigenvalue weighted by Crippen LogP contribution is 2.24. The Labute approximate surface area is 167 Å². The molecule has 0 unspecified atom stereocenters. The Morgan fingerprint density at radius 3 is 2.79 bits per heavy atom. The first-order valence-electron chi connectivity index (χ1n) is 10.5. The molecule has 28 heavy (non-hydrogen) atoms. The fraction of sp³-hybridized carbons (Fsp3) is 0.636. The van der Waals surface area contributed by atoms with E-state index in [-0.39, 0.29) is 11.9 Å². The van der Waals surface area contributed by atoms with Gasteiger partial charge in [-0.05, 0) is 69.7 Å². The highest BCUT2D eigenvalue weighted by molar-refractivity contribution is 5.85. The summed E-state index contributed by atoms with van der Waals surface area (Å²) in [6.07, 6.45) is 5.73. The number of ether oxygens (including phenoxy) is 2. The van der Waals surface area contributed by atoms with Crippen molar-refractivity contribution < 1.29 is 19.1 Å². The molecule has 0 N–H and O–H groups in total. The van der Waals surface area contributed by atoms with Gasteiger partial charge in [-0.15, -0.1) is 0 Å². The van der Waals surface area contributed by atoms with E-state index < -0.39 is 6.04 Å². The zero-order chi connectivity index (χ0) is 19.9. The Hall–Kier alpha value is -2.08. The van der Waals surface area contributed by atoms with Crippen molar-refractivity contribution in [2.75, 3.05) is 33.4 Å². The minimum Gasteiger partial charge on any atom is -0.497 e. The number of carbonyl (C=O) groups excluding carboxylic acids is 2. The Kier molecular flexibility index (Phi) is 7.31. The Balaban J connectivity index is 1.62. The molecule has 2 atom stereocenters. The molecule has 1 aromatic rings. The second-order valence-electron chi connectivity index (χ2n) is 7.67. The SMILES string of the molecule is CCOC(=O)[C@H]1CCCCN1C(=O)CN1CCC[C@@H]1Cc1cccc(OC)c1. The van der Waals surface area contributed by atoms with Crippen LogP contribution in [0.1, 0.15) is 44.6 Å².